The molecular formula is C29H34ClN3O5S. The molecule has 0 aliphatic rings. The van der Waals surface area contributed by atoms with E-state index in [1.165, 1.54) is 24.1 Å². The van der Waals surface area contributed by atoms with Crippen molar-refractivity contribution >= 4 is 39.1 Å². The van der Waals surface area contributed by atoms with Gasteiger partial charge in [-0.05, 0) is 68.3 Å². The quantitative estimate of drug-likeness (QED) is 0.334. The number of sulfonamides is 1. The first kappa shape index (κ1) is 30.0. The highest BCUT2D eigenvalue weighted by atomic mass is 35.5. The van der Waals surface area contributed by atoms with Crippen molar-refractivity contribution in [1.82, 2.24) is 10.2 Å². The predicted molar refractivity (Wildman–Crippen MR) is 153 cm³/mol. The number of nitrogens with zero attached hydrogens (tertiary/aromatic N) is 2. The number of halogens is 1. The van der Waals surface area contributed by atoms with Gasteiger partial charge in [-0.25, -0.2) is 8.42 Å². The Bertz CT molecular complexity index is 1370. The molecule has 2 atom stereocenters. The Kier molecular flexibility index (Phi) is 10.4. The van der Waals surface area contributed by atoms with Gasteiger partial charge in [-0.2, -0.15) is 0 Å². The van der Waals surface area contributed by atoms with Gasteiger partial charge in [-0.1, -0.05) is 54.9 Å². The normalized spacial score (nSPS) is 12.7. The van der Waals surface area contributed by atoms with Crippen LogP contribution in [0, 0.1) is 0 Å². The molecule has 8 nitrogen and oxygen atoms in total. The van der Waals surface area contributed by atoms with Gasteiger partial charge in [0.1, 0.15) is 18.3 Å². The highest BCUT2D eigenvalue weighted by Crippen LogP contribution is 2.27. The maximum atomic E-state index is 13.9. The van der Waals surface area contributed by atoms with Gasteiger partial charge in [0, 0.05) is 17.6 Å². The molecule has 0 saturated carbocycles. The van der Waals surface area contributed by atoms with Crippen molar-refractivity contribution in [1.29, 1.82) is 0 Å². The molecule has 3 aromatic rings. The summed E-state index contributed by atoms with van der Waals surface area (Å²) in [7, 11) is -2.62. The number of methoxy groups -OCH3 is 1. The molecule has 10 heteroatoms. The van der Waals surface area contributed by atoms with Crippen LogP contribution < -0.4 is 14.4 Å². The highest BCUT2D eigenvalue weighted by molar-refractivity contribution is 7.92. The lowest BCUT2D eigenvalue weighted by atomic mass is 10.1. The van der Waals surface area contributed by atoms with E-state index in [0.717, 1.165) is 10.7 Å². The van der Waals surface area contributed by atoms with Gasteiger partial charge >= 0.3 is 0 Å². The lowest BCUT2D eigenvalue weighted by molar-refractivity contribution is -0.139. The van der Waals surface area contributed by atoms with Crippen LogP contribution in [0.4, 0.5) is 5.69 Å². The van der Waals surface area contributed by atoms with Crippen LogP contribution in [0.1, 0.15) is 32.8 Å². The first-order chi connectivity index (χ1) is 18.6. The van der Waals surface area contributed by atoms with Crippen LogP contribution in [0.15, 0.2) is 83.8 Å². The average Bonchev–Trinajstić information content (AvgIpc) is 2.95. The molecule has 0 unspecified atom stereocenters. The summed E-state index contributed by atoms with van der Waals surface area (Å²) >= 11 is 6.39. The number of benzene rings is 3. The van der Waals surface area contributed by atoms with Gasteiger partial charge in [-0.3, -0.25) is 13.9 Å². The molecule has 0 radical (unpaired) electrons. The van der Waals surface area contributed by atoms with Gasteiger partial charge < -0.3 is 15.0 Å². The van der Waals surface area contributed by atoms with Gasteiger partial charge in [0.2, 0.25) is 11.8 Å². The molecule has 0 aliphatic carbocycles. The molecule has 0 aromatic heterocycles. The Morgan fingerprint density at radius 1 is 0.949 bits per heavy atom. The van der Waals surface area contributed by atoms with Gasteiger partial charge in [0.15, 0.2) is 0 Å². The zero-order valence-electron chi connectivity index (χ0n) is 22.5. The monoisotopic (exact) mass is 571 g/mol. The van der Waals surface area contributed by atoms with Crippen LogP contribution in [0.25, 0.3) is 0 Å². The third-order valence-electron chi connectivity index (χ3n) is 6.44. The minimum atomic E-state index is -4.13. The summed E-state index contributed by atoms with van der Waals surface area (Å²) in [6, 6.07) is 20.3. The second-order valence-electron chi connectivity index (χ2n) is 9.13. The standard InChI is InChI=1S/C29H34ClN3O5S/c1-5-21(2)31-29(35)22(3)32(19-23-11-9-10-14-27(23)30)28(34)20-33(24-15-17-25(38-4)18-16-24)39(36,37)26-12-7-6-8-13-26/h6-18,21-22H,5,19-20H2,1-4H3,(H,31,35)/t21-,22+/m1/s1. The first-order valence-corrected chi connectivity index (χ1v) is 14.4. The van der Waals surface area contributed by atoms with Crippen LogP contribution >= 0.6 is 11.6 Å². The topological polar surface area (TPSA) is 96.0 Å². The number of nitrogens with one attached hydrogen (secondary N) is 1. The van der Waals surface area contributed by atoms with Crippen LogP contribution in [0.3, 0.4) is 0 Å². The van der Waals surface area contributed by atoms with E-state index in [1.54, 1.807) is 73.7 Å². The maximum absolute atomic E-state index is 13.9. The van der Waals surface area contributed by atoms with Crippen molar-refractivity contribution < 1.29 is 22.7 Å². The van der Waals surface area contributed by atoms with Crippen molar-refractivity contribution in [2.45, 2.75) is 50.7 Å². The van der Waals surface area contributed by atoms with Crippen LogP contribution in [0.2, 0.25) is 5.02 Å². The summed E-state index contributed by atoms with van der Waals surface area (Å²) in [5.74, 6) is -0.360. The summed E-state index contributed by atoms with van der Waals surface area (Å²) in [6.45, 7) is 4.94. The van der Waals surface area contributed by atoms with E-state index in [1.807, 2.05) is 13.8 Å². The van der Waals surface area contributed by atoms with E-state index < -0.39 is 28.5 Å². The maximum Gasteiger partial charge on any atom is 0.264 e. The van der Waals surface area contributed by atoms with Crippen LogP contribution in [-0.4, -0.2) is 50.9 Å². The van der Waals surface area contributed by atoms with E-state index in [2.05, 4.69) is 5.32 Å². The Labute approximate surface area is 235 Å². The number of amides is 2. The molecule has 0 bridgehead atoms. The molecule has 0 heterocycles. The molecule has 208 valence electrons. The first-order valence-electron chi connectivity index (χ1n) is 12.6. The molecule has 1 N–H and O–H groups in total. The average molecular weight is 572 g/mol. The second-order valence-corrected chi connectivity index (χ2v) is 11.4. The number of ether oxygens (including phenoxy) is 1. The van der Waals surface area contributed by atoms with Gasteiger partial charge in [0.05, 0.1) is 17.7 Å². The molecule has 0 saturated heterocycles. The second kappa shape index (κ2) is 13.5. The molecule has 39 heavy (non-hydrogen) atoms. The molecule has 0 spiro atoms. The number of carbonyl (C=O) groups is 2. The van der Waals surface area contributed by atoms with Crippen molar-refractivity contribution in [3.63, 3.8) is 0 Å². The summed E-state index contributed by atoms with van der Waals surface area (Å²) in [5, 5.41) is 3.35. The van der Waals surface area contributed by atoms with E-state index in [-0.39, 0.29) is 29.1 Å². The third-order valence-corrected chi connectivity index (χ3v) is 8.59. The molecule has 0 aliphatic heterocycles. The van der Waals surface area contributed by atoms with E-state index in [0.29, 0.717) is 16.3 Å². The Morgan fingerprint density at radius 3 is 2.15 bits per heavy atom. The lowest BCUT2D eigenvalue weighted by Gasteiger charge is -2.32. The Balaban J connectivity index is 2.02. The number of rotatable bonds is 12. The van der Waals surface area contributed by atoms with Crippen molar-refractivity contribution in [3.05, 3.63) is 89.4 Å². The summed E-state index contributed by atoms with van der Waals surface area (Å²) in [4.78, 5) is 28.4. The van der Waals surface area contributed by atoms with Gasteiger partial charge in [-0.15, -0.1) is 0 Å². The fourth-order valence-electron chi connectivity index (χ4n) is 3.86. The number of carbonyl (C=O) groups excluding carboxylic acids is 2. The molecule has 2 amide bonds. The molecule has 3 rings (SSSR count). The Hall–Kier alpha value is -3.56. The molecule has 0 fully saturated rings. The Morgan fingerprint density at radius 2 is 1.56 bits per heavy atom. The smallest absolute Gasteiger partial charge is 0.264 e. The highest BCUT2D eigenvalue weighted by Gasteiger charge is 2.33. The van der Waals surface area contributed by atoms with Crippen LogP contribution in [-0.2, 0) is 26.2 Å². The third kappa shape index (κ3) is 7.52. The minimum Gasteiger partial charge on any atom is -0.497 e. The number of anilines is 1. The van der Waals surface area contributed by atoms with Crippen molar-refractivity contribution in [2.75, 3.05) is 18.0 Å². The minimum absolute atomic E-state index is 0.0233. The summed E-state index contributed by atoms with van der Waals surface area (Å²) in [5.41, 5.74) is 0.917. The molecule has 3 aromatic carbocycles. The lowest BCUT2D eigenvalue weighted by Crippen LogP contribution is -2.52. The van der Waals surface area contributed by atoms with E-state index in [9.17, 15) is 18.0 Å². The zero-order valence-corrected chi connectivity index (χ0v) is 24.1. The van der Waals surface area contributed by atoms with Gasteiger partial charge in [0.25, 0.3) is 10.0 Å². The van der Waals surface area contributed by atoms with E-state index in [4.69, 9.17) is 16.3 Å². The molecular weight excluding hydrogens is 538 g/mol. The fraction of sp³-hybridized carbons (Fsp3) is 0.310. The zero-order chi connectivity index (χ0) is 28.6. The number of hydrogen-bond acceptors (Lipinski definition) is 5. The van der Waals surface area contributed by atoms with E-state index >= 15 is 0 Å². The van der Waals surface area contributed by atoms with Crippen molar-refractivity contribution in [2.24, 2.45) is 0 Å². The van der Waals surface area contributed by atoms with Crippen molar-refractivity contribution in [3.8, 4) is 5.75 Å². The van der Waals surface area contributed by atoms with Crippen LogP contribution in [0.5, 0.6) is 5.75 Å². The fourth-order valence-corrected chi connectivity index (χ4v) is 5.49. The summed E-state index contributed by atoms with van der Waals surface area (Å²) in [6.07, 6.45) is 0.720. The summed E-state index contributed by atoms with van der Waals surface area (Å²) < 4.78 is 33.8. The predicted octanol–water partition coefficient (Wildman–Crippen LogP) is 4.88. The number of hydrogen-bond donors (Lipinski definition) is 1. The largest absolute Gasteiger partial charge is 0.497 e. The SMILES string of the molecule is CC[C@@H](C)NC(=O)[C@H](C)N(Cc1ccccc1Cl)C(=O)CN(c1ccc(OC)cc1)S(=O)(=O)c1ccccc1.